The van der Waals surface area contributed by atoms with Gasteiger partial charge in [0.2, 0.25) is 5.91 Å². The van der Waals surface area contributed by atoms with Crippen LogP contribution in [0.15, 0.2) is 18.2 Å². The number of benzene rings is 1. The number of para-hydroxylation sites is 1. The van der Waals surface area contributed by atoms with E-state index in [0.717, 1.165) is 27.7 Å². The SMILES string of the molecule is Cc1cccc2sc(NC(=O)[C@@H]3C[C@H]4CC[C@H]3C4)nc12. The summed E-state index contributed by atoms with van der Waals surface area (Å²) in [6, 6.07) is 6.16. The number of hydrogen-bond acceptors (Lipinski definition) is 3. The number of nitrogens with one attached hydrogen (secondary N) is 1. The highest BCUT2D eigenvalue weighted by Crippen LogP contribution is 2.48. The maximum absolute atomic E-state index is 12.4. The third kappa shape index (κ3) is 1.94. The zero-order chi connectivity index (χ0) is 13.7. The molecule has 0 saturated heterocycles. The minimum atomic E-state index is 0.189. The largest absolute Gasteiger partial charge is 0.302 e. The van der Waals surface area contributed by atoms with Gasteiger partial charge < -0.3 is 5.32 Å². The average Bonchev–Trinajstić information content (AvgIpc) is 3.12. The van der Waals surface area contributed by atoms with E-state index in [1.165, 1.54) is 24.8 Å². The second-order valence-electron chi connectivity index (χ2n) is 6.21. The monoisotopic (exact) mass is 286 g/mol. The highest BCUT2D eigenvalue weighted by atomic mass is 32.1. The number of aromatic nitrogens is 1. The lowest BCUT2D eigenvalue weighted by Crippen LogP contribution is -2.27. The second kappa shape index (κ2) is 4.55. The summed E-state index contributed by atoms with van der Waals surface area (Å²) in [6.45, 7) is 2.06. The molecule has 4 rings (SSSR count). The predicted molar refractivity (Wildman–Crippen MR) is 81.9 cm³/mol. The summed E-state index contributed by atoms with van der Waals surface area (Å²) in [4.78, 5) is 17.0. The van der Waals surface area contributed by atoms with Gasteiger partial charge in [-0.1, -0.05) is 29.9 Å². The fourth-order valence-electron chi connectivity index (χ4n) is 3.90. The molecule has 2 aromatic rings. The fraction of sp³-hybridized carbons (Fsp3) is 0.500. The number of anilines is 1. The fourth-order valence-corrected chi connectivity index (χ4v) is 4.85. The Morgan fingerprint density at radius 1 is 1.35 bits per heavy atom. The molecule has 1 aromatic heterocycles. The van der Waals surface area contributed by atoms with Crippen molar-refractivity contribution in [3.63, 3.8) is 0 Å². The van der Waals surface area contributed by atoms with Gasteiger partial charge in [0.15, 0.2) is 5.13 Å². The van der Waals surface area contributed by atoms with Crippen molar-refractivity contribution in [2.24, 2.45) is 17.8 Å². The van der Waals surface area contributed by atoms with Gasteiger partial charge in [-0.2, -0.15) is 0 Å². The summed E-state index contributed by atoms with van der Waals surface area (Å²) in [7, 11) is 0. The second-order valence-corrected chi connectivity index (χ2v) is 7.24. The van der Waals surface area contributed by atoms with E-state index >= 15 is 0 Å². The Hall–Kier alpha value is -1.42. The van der Waals surface area contributed by atoms with Crippen LogP contribution < -0.4 is 5.32 Å². The topological polar surface area (TPSA) is 42.0 Å². The van der Waals surface area contributed by atoms with E-state index in [4.69, 9.17) is 0 Å². The predicted octanol–water partition coefficient (Wildman–Crippen LogP) is 3.98. The Balaban J connectivity index is 1.55. The van der Waals surface area contributed by atoms with Gasteiger partial charge in [0.25, 0.3) is 0 Å². The summed E-state index contributed by atoms with van der Waals surface area (Å²) >= 11 is 1.58. The van der Waals surface area contributed by atoms with Crippen LogP contribution in [0.2, 0.25) is 0 Å². The lowest BCUT2D eigenvalue weighted by atomic mass is 9.88. The first kappa shape index (κ1) is 12.3. The number of thiazole rings is 1. The van der Waals surface area contributed by atoms with E-state index in [-0.39, 0.29) is 11.8 Å². The van der Waals surface area contributed by atoms with E-state index in [9.17, 15) is 4.79 Å². The third-order valence-corrected chi connectivity index (χ3v) is 5.86. The number of hydrogen-bond donors (Lipinski definition) is 1. The lowest BCUT2D eigenvalue weighted by Gasteiger charge is -2.19. The summed E-state index contributed by atoms with van der Waals surface area (Å²) < 4.78 is 1.15. The summed E-state index contributed by atoms with van der Waals surface area (Å²) in [5, 5.41) is 3.81. The van der Waals surface area contributed by atoms with Crippen LogP contribution >= 0.6 is 11.3 Å². The van der Waals surface area contributed by atoms with Gasteiger partial charge in [0, 0.05) is 5.92 Å². The highest BCUT2D eigenvalue weighted by molar-refractivity contribution is 7.22. The van der Waals surface area contributed by atoms with Crippen molar-refractivity contribution in [2.75, 3.05) is 5.32 Å². The molecular formula is C16H18N2OS. The van der Waals surface area contributed by atoms with Crippen LogP contribution in [0.1, 0.15) is 31.2 Å². The van der Waals surface area contributed by atoms with Gasteiger partial charge >= 0.3 is 0 Å². The van der Waals surface area contributed by atoms with Crippen LogP contribution in [-0.2, 0) is 4.79 Å². The average molecular weight is 286 g/mol. The molecule has 4 heteroatoms. The number of nitrogens with zero attached hydrogens (tertiary/aromatic N) is 1. The van der Waals surface area contributed by atoms with Gasteiger partial charge in [-0.25, -0.2) is 4.98 Å². The standard InChI is InChI=1S/C16H18N2OS/c1-9-3-2-4-13-14(9)17-16(20-13)18-15(19)12-8-10-5-6-11(12)7-10/h2-4,10-12H,5-8H2,1H3,(H,17,18,19)/t10-,11-,12+/m0/s1. The van der Waals surface area contributed by atoms with E-state index < -0.39 is 0 Å². The first-order chi connectivity index (χ1) is 9.70. The minimum absolute atomic E-state index is 0.189. The molecule has 2 fully saturated rings. The highest BCUT2D eigenvalue weighted by Gasteiger charge is 2.43. The molecule has 0 radical (unpaired) electrons. The van der Waals surface area contributed by atoms with Crippen LogP contribution in [-0.4, -0.2) is 10.9 Å². The van der Waals surface area contributed by atoms with Gasteiger partial charge in [0.1, 0.15) is 0 Å². The van der Waals surface area contributed by atoms with Crippen molar-refractivity contribution < 1.29 is 4.79 Å². The molecule has 1 N–H and O–H groups in total. The van der Waals surface area contributed by atoms with Crippen molar-refractivity contribution in [3.8, 4) is 0 Å². The molecule has 0 unspecified atom stereocenters. The Kier molecular flexibility index (Phi) is 2.81. The van der Waals surface area contributed by atoms with Crippen LogP contribution in [0.5, 0.6) is 0 Å². The first-order valence-corrected chi connectivity index (χ1v) is 8.19. The molecule has 1 amide bonds. The maximum atomic E-state index is 12.4. The number of carbonyl (C=O) groups excluding carboxylic acids is 1. The molecule has 0 spiro atoms. The Morgan fingerprint density at radius 3 is 2.95 bits per heavy atom. The van der Waals surface area contributed by atoms with Crippen molar-refractivity contribution in [2.45, 2.75) is 32.6 Å². The quantitative estimate of drug-likeness (QED) is 0.907. The van der Waals surface area contributed by atoms with E-state index in [0.29, 0.717) is 5.92 Å². The molecule has 2 saturated carbocycles. The van der Waals surface area contributed by atoms with Crippen molar-refractivity contribution in [1.82, 2.24) is 4.98 Å². The van der Waals surface area contributed by atoms with E-state index in [1.54, 1.807) is 11.3 Å². The molecule has 20 heavy (non-hydrogen) atoms. The Labute approximate surface area is 122 Å². The number of carbonyl (C=O) groups is 1. The smallest absolute Gasteiger partial charge is 0.229 e. The molecule has 3 nitrogen and oxygen atoms in total. The number of fused-ring (bicyclic) bond motifs is 3. The van der Waals surface area contributed by atoms with Crippen molar-refractivity contribution in [3.05, 3.63) is 23.8 Å². The summed E-state index contributed by atoms with van der Waals surface area (Å²) in [5.41, 5.74) is 2.18. The molecule has 1 aromatic carbocycles. The van der Waals surface area contributed by atoms with Crippen LogP contribution in [0, 0.1) is 24.7 Å². The number of rotatable bonds is 2. The molecule has 1 heterocycles. The van der Waals surface area contributed by atoms with Crippen molar-refractivity contribution >= 4 is 32.6 Å². The minimum Gasteiger partial charge on any atom is -0.302 e. The van der Waals surface area contributed by atoms with Crippen LogP contribution in [0.3, 0.4) is 0 Å². The first-order valence-electron chi connectivity index (χ1n) is 7.38. The normalized spacial score (nSPS) is 28.1. The van der Waals surface area contributed by atoms with E-state index in [1.807, 2.05) is 6.07 Å². The Morgan fingerprint density at radius 2 is 2.25 bits per heavy atom. The maximum Gasteiger partial charge on any atom is 0.229 e. The van der Waals surface area contributed by atoms with Crippen molar-refractivity contribution in [1.29, 1.82) is 0 Å². The van der Waals surface area contributed by atoms with Gasteiger partial charge in [-0.15, -0.1) is 0 Å². The molecule has 2 aliphatic rings. The zero-order valence-electron chi connectivity index (χ0n) is 11.6. The molecule has 2 aliphatic carbocycles. The van der Waals surface area contributed by atoms with Crippen LogP contribution in [0.4, 0.5) is 5.13 Å². The van der Waals surface area contributed by atoms with Crippen LogP contribution in [0.25, 0.3) is 10.2 Å². The third-order valence-electron chi connectivity index (χ3n) is 4.93. The summed E-state index contributed by atoms with van der Waals surface area (Å²) in [5.74, 6) is 1.83. The molecule has 0 aliphatic heterocycles. The summed E-state index contributed by atoms with van der Waals surface area (Å²) in [6.07, 6.45) is 4.91. The molecule has 104 valence electrons. The van der Waals surface area contributed by atoms with Gasteiger partial charge in [-0.3, -0.25) is 4.79 Å². The van der Waals surface area contributed by atoms with Gasteiger partial charge in [0.05, 0.1) is 10.2 Å². The lowest BCUT2D eigenvalue weighted by molar-refractivity contribution is -0.121. The Bertz CT molecular complexity index is 678. The molecular weight excluding hydrogens is 268 g/mol. The molecule has 2 bridgehead atoms. The molecule has 3 atom stereocenters. The zero-order valence-corrected chi connectivity index (χ0v) is 12.4. The van der Waals surface area contributed by atoms with Gasteiger partial charge in [-0.05, 0) is 49.7 Å². The van der Waals surface area contributed by atoms with E-state index in [2.05, 4.69) is 29.4 Å². The number of aryl methyl sites for hydroxylation is 1. The number of amides is 1.